The van der Waals surface area contributed by atoms with E-state index in [0.29, 0.717) is 30.9 Å². The summed E-state index contributed by atoms with van der Waals surface area (Å²) in [4.78, 5) is 0.467. The maximum atomic E-state index is 10.9. The number of hydrogen-bond donors (Lipinski definition) is 2. The first-order valence-electron chi connectivity index (χ1n) is 3.98. The smallest absolute Gasteiger partial charge is 0.276 e. The third-order valence-corrected chi connectivity index (χ3v) is 3.63. The van der Waals surface area contributed by atoms with Gasteiger partial charge in [-0.2, -0.15) is 12.7 Å². The van der Waals surface area contributed by atoms with E-state index in [1.54, 1.807) is 0 Å². The molecule has 5 nitrogen and oxygen atoms in total. The lowest BCUT2D eigenvalue weighted by atomic mass is 9.98. The predicted octanol–water partition coefficient (Wildman–Crippen LogP) is -0.812. The maximum Gasteiger partial charge on any atom is 0.276 e. The second kappa shape index (κ2) is 3.87. The Morgan fingerprint density at radius 3 is 2.15 bits per heavy atom. The summed E-state index contributed by atoms with van der Waals surface area (Å²) in [6, 6.07) is 0. The molecule has 0 atom stereocenters. The average molecular weight is 223 g/mol. The molecule has 1 heterocycles. The number of nitrogens with two attached hydrogens (primary N) is 2. The lowest BCUT2D eigenvalue weighted by molar-refractivity contribution is 0.317. The molecule has 0 aromatic carbocycles. The van der Waals surface area contributed by atoms with Crippen LogP contribution in [0.15, 0.2) is 0 Å². The summed E-state index contributed by atoms with van der Waals surface area (Å²) in [5, 5.41) is 4.97. The molecule has 1 saturated heterocycles. The predicted molar refractivity (Wildman–Crippen MR) is 54.2 cm³/mol. The van der Waals surface area contributed by atoms with E-state index in [9.17, 15) is 8.42 Å². The van der Waals surface area contributed by atoms with Crippen molar-refractivity contribution in [3.05, 3.63) is 0 Å². The number of nitrogens with zero attached hydrogens (tertiary/aromatic N) is 1. The lowest BCUT2D eigenvalue weighted by Crippen LogP contribution is -2.44. The molecule has 0 amide bonds. The van der Waals surface area contributed by atoms with Crippen LogP contribution >= 0.6 is 12.2 Å². The van der Waals surface area contributed by atoms with Crippen LogP contribution in [0.1, 0.15) is 12.8 Å². The fraction of sp³-hybridized carbons (Fsp3) is 0.833. The van der Waals surface area contributed by atoms with Crippen LogP contribution in [0, 0.1) is 5.92 Å². The summed E-state index contributed by atoms with van der Waals surface area (Å²) >= 11 is 4.83. The maximum absolute atomic E-state index is 10.9. The van der Waals surface area contributed by atoms with Gasteiger partial charge in [0.15, 0.2) is 0 Å². The van der Waals surface area contributed by atoms with Crippen LogP contribution in [0.3, 0.4) is 0 Å². The minimum absolute atomic E-state index is 0.160. The summed E-state index contributed by atoms with van der Waals surface area (Å²) in [7, 11) is -3.53. The van der Waals surface area contributed by atoms with Gasteiger partial charge in [0.1, 0.15) is 0 Å². The van der Waals surface area contributed by atoms with E-state index in [4.69, 9.17) is 23.1 Å². The Labute approximate surface area is 83.3 Å². The normalized spacial score (nSPS) is 21.6. The van der Waals surface area contributed by atoms with Crippen molar-refractivity contribution in [3.63, 3.8) is 0 Å². The van der Waals surface area contributed by atoms with E-state index in [2.05, 4.69) is 0 Å². The van der Waals surface area contributed by atoms with Crippen LogP contribution in [0.4, 0.5) is 0 Å². The quantitative estimate of drug-likeness (QED) is 0.599. The van der Waals surface area contributed by atoms with Gasteiger partial charge in [-0.1, -0.05) is 12.2 Å². The van der Waals surface area contributed by atoms with Gasteiger partial charge in [-0.25, -0.2) is 5.14 Å². The second-order valence-electron chi connectivity index (χ2n) is 3.12. The Kier molecular flexibility index (Phi) is 3.23. The molecule has 1 fully saturated rings. The molecule has 0 aromatic rings. The van der Waals surface area contributed by atoms with Gasteiger partial charge in [0.05, 0.1) is 4.99 Å². The van der Waals surface area contributed by atoms with Crippen LogP contribution in [-0.4, -0.2) is 30.8 Å². The zero-order valence-electron chi connectivity index (χ0n) is 7.14. The molecule has 76 valence electrons. The molecule has 4 N–H and O–H groups in total. The molecule has 1 rings (SSSR count). The lowest BCUT2D eigenvalue weighted by Gasteiger charge is -2.28. The Hall–Kier alpha value is -0.240. The number of rotatable bonds is 2. The van der Waals surface area contributed by atoms with Crippen molar-refractivity contribution in [1.29, 1.82) is 0 Å². The first-order chi connectivity index (χ1) is 5.91. The van der Waals surface area contributed by atoms with Gasteiger partial charge in [0.2, 0.25) is 0 Å². The van der Waals surface area contributed by atoms with Gasteiger partial charge in [-0.15, -0.1) is 0 Å². The zero-order chi connectivity index (χ0) is 10.1. The molecule has 13 heavy (non-hydrogen) atoms. The molecule has 0 bridgehead atoms. The minimum Gasteiger partial charge on any atom is -0.393 e. The van der Waals surface area contributed by atoms with Crippen molar-refractivity contribution < 1.29 is 8.42 Å². The fourth-order valence-electron chi connectivity index (χ4n) is 1.39. The molecule has 0 aliphatic carbocycles. The van der Waals surface area contributed by atoms with E-state index < -0.39 is 10.2 Å². The Morgan fingerprint density at radius 1 is 1.38 bits per heavy atom. The molecule has 0 spiro atoms. The third kappa shape index (κ3) is 2.87. The number of thiocarbonyl (C=S) groups is 1. The van der Waals surface area contributed by atoms with E-state index in [0.717, 1.165) is 0 Å². The molecular formula is C6H13N3O2S2. The average Bonchev–Trinajstić information content (AvgIpc) is 2.03. The molecule has 0 aromatic heterocycles. The largest absolute Gasteiger partial charge is 0.393 e. The Bertz CT molecular complexity index is 293. The highest BCUT2D eigenvalue weighted by Crippen LogP contribution is 2.18. The van der Waals surface area contributed by atoms with E-state index >= 15 is 0 Å². The summed E-state index contributed by atoms with van der Waals surface area (Å²) < 4.78 is 23.1. The minimum atomic E-state index is -3.53. The summed E-state index contributed by atoms with van der Waals surface area (Å²) in [6.07, 6.45) is 1.34. The molecule has 7 heteroatoms. The van der Waals surface area contributed by atoms with Gasteiger partial charge in [0.25, 0.3) is 10.2 Å². The van der Waals surface area contributed by atoms with Crippen LogP contribution < -0.4 is 10.9 Å². The molecule has 0 unspecified atom stereocenters. The van der Waals surface area contributed by atoms with Gasteiger partial charge >= 0.3 is 0 Å². The van der Waals surface area contributed by atoms with Crippen molar-refractivity contribution in [3.8, 4) is 0 Å². The zero-order valence-corrected chi connectivity index (χ0v) is 8.77. The summed E-state index contributed by atoms with van der Waals surface area (Å²) in [5.74, 6) is 0.160. The van der Waals surface area contributed by atoms with Crippen LogP contribution in [0.5, 0.6) is 0 Å². The first-order valence-corrected chi connectivity index (χ1v) is 5.89. The highest BCUT2D eigenvalue weighted by molar-refractivity contribution is 7.86. The van der Waals surface area contributed by atoms with Gasteiger partial charge in [0, 0.05) is 19.0 Å². The standard InChI is InChI=1S/C6H13N3O2S2/c7-6(12)5-1-3-9(4-2-5)13(8,10)11/h5H,1-4H2,(H2,7,12)(H2,8,10,11). The Balaban J connectivity index is 2.53. The first kappa shape index (κ1) is 10.8. The summed E-state index contributed by atoms with van der Waals surface area (Å²) in [6.45, 7) is 0.835. The van der Waals surface area contributed by atoms with E-state index in [-0.39, 0.29) is 5.92 Å². The summed E-state index contributed by atoms with van der Waals surface area (Å²) in [5.41, 5.74) is 5.45. The molecule has 0 saturated carbocycles. The SMILES string of the molecule is NC(=S)C1CCN(S(N)(=O)=O)CC1. The van der Waals surface area contributed by atoms with Gasteiger partial charge in [-0.05, 0) is 12.8 Å². The molecular weight excluding hydrogens is 210 g/mol. The van der Waals surface area contributed by atoms with Gasteiger partial charge in [-0.3, -0.25) is 0 Å². The van der Waals surface area contributed by atoms with Crippen molar-refractivity contribution in [2.75, 3.05) is 13.1 Å². The highest BCUT2D eigenvalue weighted by Gasteiger charge is 2.26. The third-order valence-electron chi connectivity index (χ3n) is 2.22. The molecule has 1 aliphatic rings. The molecule has 0 radical (unpaired) electrons. The van der Waals surface area contributed by atoms with E-state index in [1.165, 1.54) is 4.31 Å². The van der Waals surface area contributed by atoms with E-state index in [1.807, 2.05) is 0 Å². The monoisotopic (exact) mass is 223 g/mol. The van der Waals surface area contributed by atoms with Crippen molar-refractivity contribution in [1.82, 2.24) is 4.31 Å². The topological polar surface area (TPSA) is 89.4 Å². The number of hydrogen-bond acceptors (Lipinski definition) is 3. The van der Waals surface area contributed by atoms with Crippen molar-refractivity contribution in [2.24, 2.45) is 16.8 Å². The number of piperidine rings is 1. The fourth-order valence-corrected chi connectivity index (χ4v) is 2.35. The second-order valence-corrected chi connectivity index (χ2v) is 5.14. The van der Waals surface area contributed by atoms with Crippen LogP contribution in [0.25, 0.3) is 0 Å². The van der Waals surface area contributed by atoms with Crippen LogP contribution in [0.2, 0.25) is 0 Å². The highest BCUT2D eigenvalue weighted by atomic mass is 32.2. The van der Waals surface area contributed by atoms with Crippen molar-refractivity contribution in [2.45, 2.75) is 12.8 Å². The molecule has 1 aliphatic heterocycles. The van der Waals surface area contributed by atoms with Crippen molar-refractivity contribution >= 4 is 27.4 Å². The van der Waals surface area contributed by atoms with Gasteiger partial charge < -0.3 is 5.73 Å². The van der Waals surface area contributed by atoms with Crippen LogP contribution in [-0.2, 0) is 10.2 Å². The Morgan fingerprint density at radius 2 is 1.85 bits per heavy atom.